The van der Waals surface area contributed by atoms with Crippen LogP contribution in [0.25, 0.3) is 0 Å². The summed E-state index contributed by atoms with van der Waals surface area (Å²) in [5, 5.41) is 0. The molecule has 0 aromatic carbocycles. The highest BCUT2D eigenvalue weighted by Crippen LogP contribution is 2.26. The van der Waals surface area contributed by atoms with E-state index < -0.39 is 5.41 Å². The average Bonchev–Trinajstić information content (AvgIpc) is 2.15. The molecule has 0 aliphatic heterocycles. The minimum Gasteiger partial charge on any atom is -0.466 e. The maximum absolute atomic E-state index is 11.2. The molecule has 0 aromatic heterocycles. The Hall–Kier alpha value is -0.860. The Morgan fingerprint density at radius 1 is 1.43 bits per heavy atom. The van der Waals surface area contributed by atoms with Gasteiger partial charge in [0.1, 0.15) is 6.29 Å². The predicted octanol–water partition coefficient (Wildman–Crippen LogP) is 2.33. The summed E-state index contributed by atoms with van der Waals surface area (Å²) in [7, 11) is 0. The molecular weight excluding hydrogens is 180 g/mol. The highest BCUT2D eigenvalue weighted by molar-refractivity contribution is 5.75. The van der Waals surface area contributed by atoms with Gasteiger partial charge in [-0.1, -0.05) is 26.7 Å². The molecule has 0 spiro atoms. The number of hydrogen-bond donors (Lipinski definition) is 0. The first-order chi connectivity index (χ1) is 6.58. The third-order valence-electron chi connectivity index (χ3n) is 2.24. The van der Waals surface area contributed by atoms with Gasteiger partial charge >= 0.3 is 5.97 Å². The van der Waals surface area contributed by atoms with Crippen molar-refractivity contribution in [1.82, 2.24) is 0 Å². The van der Waals surface area contributed by atoms with Crippen LogP contribution in [-0.4, -0.2) is 18.9 Å². The minimum absolute atomic E-state index is 0.199. The summed E-state index contributed by atoms with van der Waals surface area (Å²) in [6.07, 6.45) is 3.83. The van der Waals surface area contributed by atoms with Crippen molar-refractivity contribution in [1.29, 1.82) is 0 Å². The van der Waals surface area contributed by atoms with Crippen molar-refractivity contribution in [3.63, 3.8) is 0 Å². The molecule has 3 nitrogen and oxygen atoms in total. The van der Waals surface area contributed by atoms with Crippen LogP contribution in [0, 0.1) is 5.41 Å². The monoisotopic (exact) mass is 200 g/mol. The fraction of sp³-hybridized carbons (Fsp3) is 0.818. The summed E-state index contributed by atoms with van der Waals surface area (Å²) in [5.74, 6) is -0.279. The summed E-state index contributed by atoms with van der Waals surface area (Å²) in [6.45, 7) is 6.02. The van der Waals surface area contributed by atoms with Crippen LogP contribution in [0.15, 0.2) is 0 Å². The van der Waals surface area contributed by atoms with Crippen LogP contribution in [0.2, 0.25) is 0 Å². The quantitative estimate of drug-likeness (QED) is 0.468. The van der Waals surface area contributed by atoms with E-state index in [2.05, 4.69) is 6.92 Å². The molecule has 0 bridgehead atoms. The Kier molecular flexibility index (Phi) is 6.17. The van der Waals surface area contributed by atoms with E-state index in [0.717, 1.165) is 25.5 Å². The summed E-state index contributed by atoms with van der Waals surface area (Å²) in [6, 6.07) is 0. The van der Waals surface area contributed by atoms with E-state index in [1.165, 1.54) is 0 Å². The largest absolute Gasteiger partial charge is 0.466 e. The summed E-state index contributed by atoms with van der Waals surface area (Å²) in [4.78, 5) is 22.1. The maximum Gasteiger partial charge on any atom is 0.306 e. The van der Waals surface area contributed by atoms with Gasteiger partial charge in [-0.2, -0.15) is 0 Å². The van der Waals surface area contributed by atoms with Gasteiger partial charge in [-0.25, -0.2) is 0 Å². The number of ether oxygens (including phenoxy) is 1. The topological polar surface area (TPSA) is 43.4 Å². The van der Waals surface area contributed by atoms with Crippen molar-refractivity contribution in [3.8, 4) is 0 Å². The number of unbranched alkanes of at least 4 members (excludes halogenated alkanes) is 1. The number of aldehydes is 1. The van der Waals surface area contributed by atoms with Crippen molar-refractivity contribution < 1.29 is 14.3 Å². The Balaban J connectivity index is 4.09. The van der Waals surface area contributed by atoms with Gasteiger partial charge in [0, 0.05) is 5.41 Å². The fourth-order valence-corrected chi connectivity index (χ4v) is 1.31. The lowest BCUT2D eigenvalue weighted by atomic mass is 9.83. The van der Waals surface area contributed by atoms with Gasteiger partial charge in [-0.3, -0.25) is 4.79 Å². The minimum atomic E-state index is -0.539. The van der Waals surface area contributed by atoms with Crippen molar-refractivity contribution in [2.45, 2.75) is 46.5 Å². The Morgan fingerprint density at radius 3 is 2.50 bits per heavy atom. The molecule has 0 fully saturated rings. The third kappa shape index (κ3) is 5.00. The molecule has 0 radical (unpaired) electrons. The Bertz CT molecular complexity index is 189. The molecule has 0 N–H and O–H groups in total. The second-order valence-electron chi connectivity index (χ2n) is 3.86. The van der Waals surface area contributed by atoms with Crippen LogP contribution in [-0.2, 0) is 14.3 Å². The second-order valence-corrected chi connectivity index (χ2v) is 3.86. The number of esters is 1. The van der Waals surface area contributed by atoms with Gasteiger partial charge in [-0.05, 0) is 13.3 Å². The third-order valence-corrected chi connectivity index (χ3v) is 2.24. The van der Waals surface area contributed by atoms with Crippen LogP contribution < -0.4 is 0 Å². The highest BCUT2D eigenvalue weighted by atomic mass is 16.5. The first-order valence-electron chi connectivity index (χ1n) is 5.20. The lowest BCUT2D eigenvalue weighted by molar-refractivity contribution is -0.147. The van der Waals surface area contributed by atoms with Gasteiger partial charge in [0.15, 0.2) is 0 Å². The smallest absolute Gasteiger partial charge is 0.306 e. The Labute approximate surface area is 85.8 Å². The molecule has 0 aliphatic rings. The normalized spacial score (nSPS) is 14.5. The molecular formula is C11H20O3. The van der Waals surface area contributed by atoms with E-state index in [1.807, 2.05) is 6.92 Å². The molecule has 82 valence electrons. The summed E-state index contributed by atoms with van der Waals surface area (Å²) >= 11 is 0. The van der Waals surface area contributed by atoms with Gasteiger partial charge in [0.25, 0.3) is 0 Å². The van der Waals surface area contributed by atoms with Crippen molar-refractivity contribution in [2.75, 3.05) is 6.61 Å². The summed E-state index contributed by atoms with van der Waals surface area (Å²) in [5.41, 5.74) is -0.539. The van der Waals surface area contributed by atoms with Gasteiger partial charge in [0.2, 0.25) is 0 Å². The molecule has 0 saturated carbocycles. The molecule has 1 atom stereocenters. The van der Waals surface area contributed by atoms with E-state index in [0.29, 0.717) is 6.61 Å². The van der Waals surface area contributed by atoms with Gasteiger partial charge < -0.3 is 9.53 Å². The highest BCUT2D eigenvalue weighted by Gasteiger charge is 2.26. The molecule has 3 heteroatoms. The van der Waals surface area contributed by atoms with E-state index in [4.69, 9.17) is 4.74 Å². The van der Waals surface area contributed by atoms with E-state index in [1.54, 1.807) is 6.92 Å². The summed E-state index contributed by atoms with van der Waals surface area (Å²) < 4.78 is 4.82. The zero-order valence-electron chi connectivity index (χ0n) is 9.34. The van der Waals surface area contributed by atoms with E-state index in [9.17, 15) is 9.59 Å². The van der Waals surface area contributed by atoms with Crippen LogP contribution in [0.5, 0.6) is 0 Å². The fourth-order valence-electron chi connectivity index (χ4n) is 1.31. The molecule has 0 heterocycles. The van der Waals surface area contributed by atoms with E-state index in [-0.39, 0.29) is 12.4 Å². The van der Waals surface area contributed by atoms with Crippen LogP contribution in [0.4, 0.5) is 0 Å². The van der Waals surface area contributed by atoms with Gasteiger partial charge in [-0.15, -0.1) is 0 Å². The zero-order chi connectivity index (χ0) is 11.0. The first-order valence-corrected chi connectivity index (χ1v) is 5.20. The number of rotatable bonds is 7. The first kappa shape index (κ1) is 13.1. The number of carbonyl (C=O) groups is 2. The number of hydrogen-bond acceptors (Lipinski definition) is 3. The predicted molar refractivity (Wildman–Crippen MR) is 54.9 cm³/mol. The molecule has 0 unspecified atom stereocenters. The average molecular weight is 200 g/mol. The van der Waals surface area contributed by atoms with Crippen molar-refractivity contribution in [3.05, 3.63) is 0 Å². The van der Waals surface area contributed by atoms with Crippen LogP contribution in [0.1, 0.15) is 46.5 Å². The molecule has 0 amide bonds. The molecule has 14 heavy (non-hydrogen) atoms. The second kappa shape index (κ2) is 6.57. The maximum atomic E-state index is 11.2. The number of carbonyl (C=O) groups excluding carboxylic acids is 2. The zero-order valence-corrected chi connectivity index (χ0v) is 9.34. The van der Waals surface area contributed by atoms with Crippen LogP contribution in [0.3, 0.4) is 0 Å². The van der Waals surface area contributed by atoms with E-state index >= 15 is 0 Å². The van der Waals surface area contributed by atoms with Crippen LogP contribution >= 0.6 is 0 Å². The standard InChI is InChI=1S/C11H20O3/c1-4-6-7-11(3,9-12)8-10(13)14-5-2/h9H,4-8H2,1-3H3/t11-/m1/s1. The molecule has 0 aromatic rings. The molecule has 0 rings (SSSR count). The Morgan fingerprint density at radius 2 is 2.07 bits per heavy atom. The SMILES string of the molecule is CCCC[C@@](C)(C=O)CC(=O)OCC. The lowest BCUT2D eigenvalue weighted by Crippen LogP contribution is -2.23. The molecule has 0 saturated heterocycles. The lowest BCUT2D eigenvalue weighted by Gasteiger charge is -2.21. The van der Waals surface area contributed by atoms with Gasteiger partial charge in [0.05, 0.1) is 13.0 Å². The van der Waals surface area contributed by atoms with Crippen molar-refractivity contribution in [2.24, 2.45) is 5.41 Å². The molecule has 0 aliphatic carbocycles. The van der Waals surface area contributed by atoms with Crippen molar-refractivity contribution >= 4 is 12.3 Å².